The molecule has 1 heterocycles. The van der Waals surface area contributed by atoms with Gasteiger partial charge in [-0.05, 0) is 12.8 Å². The van der Waals surface area contributed by atoms with Crippen molar-refractivity contribution in [2.45, 2.75) is 179 Å². The Labute approximate surface area is 277 Å². The molecule has 1 rings (SSSR count). The molecule has 0 saturated carbocycles. The van der Waals surface area contributed by atoms with Crippen molar-refractivity contribution in [3.63, 3.8) is 0 Å². The van der Waals surface area contributed by atoms with Crippen LogP contribution >= 0.6 is 0 Å². The van der Waals surface area contributed by atoms with Gasteiger partial charge in [-0.1, -0.05) is 123 Å². The molecule has 0 aliphatic carbocycles. The Kier molecular flexibility index (Phi) is 25.3. The Morgan fingerprint density at radius 2 is 1.24 bits per heavy atom. The van der Waals surface area contributed by atoms with E-state index in [1.54, 1.807) is 0 Å². The normalized spacial score (nSPS) is 22.6. The van der Waals surface area contributed by atoms with Gasteiger partial charge in [0, 0.05) is 13.0 Å². The number of aliphatic hydroxyl groups excluding tert-OH is 3. The van der Waals surface area contributed by atoms with E-state index in [1.807, 2.05) is 0 Å². The van der Waals surface area contributed by atoms with Gasteiger partial charge < -0.3 is 34.3 Å². The number of unbranched alkanes of at least 4 members (excludes halogenated alkanes) is 17. The van der Waals surface area contributed by atoms with Gasteiger partial charge in [-0.15, -0.1) is 0 Å². The molecule has 1 aliphatic rings. The average Bonchev–Trinajstić information content (AvgIpc) is 3.01. The summed E-state index contributed by atoms with van der Waals surface area (Å²) in [5.41, 5.74) is 0. The second kappa shape index (κ2) is 27.0. The third kappa shape index (κ3) is 21.1. The zero-order valence-corrected chi connectivity index (χ0v) is 29.2. The van der Waals surface area contributed by atoms with Crippen molar-refractivity contribution in [3.8, 4) is 0 Å². The van der Waals surface area contributed by atoms with Crippen molar-refractivity contribution in [1.82, 2.24) is 0 Å². The average molecular weight is 685 g/mol. The monoisotopic (exact) mass is 684 g/mol. The Bertz CT molecular complexity index is 842. The molecule has 0 amide bonds. The second-order valence-corrected chi connectivity index (χ2v) is 13.5. The Morgan fingerprint density at radius 3 is 1.74 bits per heavy atom. The Hall–Kier alpha value is -0.900. The molecule has 1 saturated heterocycles. The summed E-state index contributed by atoms with van der Waals surface area (Å²) >= 11 is 0. The largest absolute Gasteiger partial charge is 0.457 e. The maximum absolute atomic E-state index is 12.5. The van der Waals surface area contributed by atoms with Gasteiger partial charge in [-0.2, -0.15) is 8.42 Å². The number of esters is 1. The van der Waals surface area contributed by atoms with Crippen molar-refractivity contribution in [2.24, 2.45) is 0 Å². The lowest BCUT2D eigenvalue weighted by molar-refractivity contribution is -0.301. The fourth-order valence-corrected chi connectivity index (χ4v) is 6.00. The minimum Gasteiger partial charge on any atom is -0.457 e. The highest BCUT2D eigenvalue weighted by molar-refractivity contribution is 7.80. The number of hydrogen-bond donors (Lipinski definition) is 4. The first-order valence-corrected chi connectivity index (χ1v) is 19.2. The molecule has 6 atom stereocenters. The molecular formula is C33H64O12S. The minimum atomic E-state index is -5.04. The van der Waals surface area contributed by atoms with Gasteiger partial charge >= 0.3 is 16.4 Å². The third-order valence-electron chi connectivity index (χ3n) is 8.23. The number of aliphatic hydroxyl groups is 3. The van der Waals surface area contributed by atoms with Crippen molar-refractivity contribution < 1.29 is 56.2 Å². The predicted octanol–water partition coefficient (Wildman–Crippen LogP) is 5.40. The van der Waals surface area contributed by atoms with E-state index in [0.29, 0.717) is 13.0 Å². The van der Waals surface area contributed by atoms with E-state index in [-0.39, 0.29) is 19.6 Å². The SMILES string of the molecule is CCCCCCCCCCCCCCCCCOCC(COC1OC(CO)C(O)C(OS(=O)(=O)O)C1O)OC(=O)CCCCCC. The Balaban J connectivity index is 2.41. The predicted molar refractivity (Wildman–Crippen MR) is 175 cm³/mol. The zero-order valence-electron chi connectivity index (χ0n) is 28.4. The van der Waals surface area contributed by atoms with Gasteiger partial charge in [-0.3, -0.25) is 9.35 Å². The molecular weight excluding hydrogens is 620 g/mol. The summed E-state index contributed by atoms with van der Waals surface area (Å²) in [5, 5.41) is 30.3. The molecule has 13 heteroatoms. The zero-order chi connectivity index (χ0) is 34.0. The number of hydrogen-bond acceptors (Lipinski definition) is 11. The highest BCUT2D eigenvalue weighted by atomic mass is 32.3. The topological polar surface area (TPSA) is 178 Å². The van der Waals surface area contributed by atoms with E-state index in [1.165, 1.54) is 77.0 Å². The van der Waals surface area contributed by atoms with Gasteiger partial charge in [0.05, 0.1) is 19.8 Å². The van der Waals surface area contributed by atoms with Crippen LogP contribution in [0.2, 0.25) is 0 Å². The van der Waals surface area contributed by atoms with Crippen molar-refractivity contribution in [2.75, 3.05) is 26.4 Å². The van der Waals surface area contributed by atoms with Gasteiger partial charge in [0.2, 0.25) is 0 Å². The number of carbonyl (C=O) groups is 1. The van der Waals surface area contributed by atoms with E-state index >= 15 is 0 Å². The first kappa shape index (κ1) is 43.1. The van der Waals surface area contributed by atoms with Crippen LogP contribution in [0.15, 0.2) is 0 Å². The molecule has 0 spiro atoms. The lowest BCUT2D eigenvalue weighted by Crippen LogP contribution is -2.60. The van der Waals surface area contributed by atoms with Crippen molar-refractivity contribution >= 4 is 16.4 Å². The van der Waals surface area contributed by atoms with Gasteiger partial charge in [-0.25, -0.2) is 4.18 Å². The molecule has 0 radical (unpaired) electrons. The van der Waals surface area contributed by atoms with Crippen LogP contribution in [0.4, 0.5) is 0 Å². The van der Waals surface area contributed by atoms with Crippen LogP contribution in [0.3, 0.4) is 0 Å². The maximum atomic E-state index is 12.5. The van der Waals surface area contributed by atoms with Gasteiger partial charge in [0.15, 0.2) is 6.29 Å². The number of rotatable bonds is 30. The van der Waals surface area contributed by atoms with E-state index in [9.17, 15) is 28.5 Å². The summed E-state index contributed by atoms with van der Waals surface area (Å²) in [6, 6.07) is 0. The molecule has 0 bridgehead atoms. The summed E-state index contributed by atoms with van der Waals surface area (Å²) in [7, 11) is -5.04. The molecule has 4 N–H and O–H groups in total. The number of carbonyl (C=O) groups excluding carboxylic acids is 1. The van der Waals surface area contributed by atoms with E-state index in [2.05, 4.69) is 18.0 Å². The molecule has 0 aromatic rings. The summed E-state index contributed by atoms with van der Waals surface area (Å²) in [6.45, 7) is 3.84. The molecule has 12 nitrogen and oxygen atoms in total. The molecule has 0 aromatic heterocycles. The quantitative estimate of drug-likeness (QED) is 0.0431. The highest BCUT2D eigenvalue weighted by Crippen LogP contribution is 2.26. The summed E-state index contributed by atoms with van der Waals surface area (Å²) in [5.74, 6) is -0.415. The lowest BCUT2D eigenvalue weighted by atomic mass is 9.99. The van der Waals surface area contributed by atoms with Crippen LogP contribution in [0.5, 0.6) is 0 Å². The second-order valence-electron chi connectivity index (χ2n) is 12.5. The van der Waals surface area contributed by atoms with E-state index in [4.69, 9.17) is 23.5 Å². The van der Waals surface area contributed by atoms with Gasteiger partial charge in [0.1, 0.15) is 30.5 Å². The van der Waals surface area contributed by atoms with Crippen LogP contribution in [0, 0.1) is 0 Å². The highest BCUT2D eigenvalue weighted by Gasteiger charge is 2.48. The van der Waals surface area contributed by atoms with Crippen LogP contribution in [-0.2, 0) is 38.3 Å². The summed E-state index contributed by atoms with van der Waals surface area (Å²) in [6.07, 6.45) is 13.6. The molecule has 46 heavy (non-hydrogen) atoms. The van der Waals surface area contributed by atoms with Gasteiger partial charge in [0.25, 0.3) is 0 Å². The Morgan fingerprint density at radius 1 is 0.739 bits per heavy atom. The fourth-order valence-electron chi connectivity index (χ4n) is 5.49. The minimum absolute atomic E-state index is 0.0408. The molecule has 0 aromatic carbocycles. The van der Waals surface area contributed by atoms with Crippen LogP contribution < -0.4 is 0 Å². The van der Waals surface area contributed by atoms with E-state index < -0.39 is 59.8 Å². The van der Waals surface area contributed by atoms with E-state index in [0.717, 1.165) is 38.5 Å². The standard InChI is InChI=1S/C33H64O12S/c1-3-5-7-9-10-11-12-13-14-15-16-17-18-19-21-23-41-25-27(43-29(35)22-20-8-6-4-2)26-42-33-31(37)32(45-46(38,39)40)30(36)28(24-34)44-33/h27-28,30-34,36-37H,3-26H2,1-2H3,(H,38,39,40). The van der Waals surface area contributed by atoms with Crippen molar-refractivity contribution in [3.05, 3.63) is 0 Å². The van der Waals surface area contributed by atoms with Crippen LogP contribution in [0.25, 0.3) is 0 Å². The first-order valence-electron chi connectivity index (χ1n) is 17.8. The molecule has 274 valence electrons. The molecule has 1 aliphatic heterocycles. The lowest BCUT2D eigenvalue weighted by Gasteiger charge is -2.41. The number of ether oxygens (including phenoxy) is 4. The van der Waals surface area contributed by atoms with Crippen LogP contribution in [0.1, 0.15) is 142 Å². The van der Waals surface area contributed by atoms with Crippen molar-refractivity contribution in [1.29, 1.82) is 0 Å². The maximum Gasteiger partial charge on any atom is 0.397 e. The third-order valence-corrected chi connectivity index (χ3v) is 8.69. The summed E-state index contributed by atoms with van der Waals surface area (Å²) in [4.78, 5) is 12.5. The van der Waals surface area contributed by atoms with Crippen LogP contribution in [-0.4, -0.2) is 97.5 Å². The smallest absolute Gasteiger partial charge is 0.397 e. The molecule has 6 unspecified atom stereocenters. The summed E-state index contributed by atoms with van der Waals surface area (Å²) < 4.78 is 58.3. The fraction of sp³-hybridized carbons (Fsp3) is 0.970. The molecule has 1 fully saturated rings. The first-order chi connectivity index (χ1) is 22.1.